The number of hydrogen-bond acceptors (Lipinski definition) is 3. The fourth-order valence-electron chi connectivity index (χ4n) is 3.58. The van der Waals surface area contributed by atoms with E-state index < -0.39 is 0 Å². The number of piperidine rings is 1. The molecule has 0 saturated carbocycles. The number of rotatable bonds is 3. The third kappa shape index (κ3) is 2.98. The molecule has 1 atom stereocenters. The smallest absolute Gasteiger partial charge is 0.0335 e. The van der Waals surface area contributed by atoms with Crippen LogP contribution in [0.25, 0.3) is 0 Å². The largest absolute Gasteiger partial charge is 0.300 e. The van der Waals surface area contributed by atoms with Gasteiger partial charge in [0.05, 0.1) is 0 Å². The summed E-state index contributed by atoms with van der Waals surface area (Å²) in [6.45, 7) is 7.45. The summed E-state index contributed by atoms with van der Waals surface area (Å²) in [6.07, 6.45) is 9.36. The van der Waals surface area contributed by atoms with E-state index in [1.165, 1.54) is 57.4 Å². The molecule has 2 saturated heterocycles. The SMILES string of the molecule is CC(c1cccnc1)N1CCC(N2CCCC2)CC1. The van der Waals surface area contributed by atoms with E-state index in [0.717, 1.165) is 6.04 Å². The minimum atomic E-state index is 0.508. The fraction of sp³-hybridized carbons (Fsp3) is 0.688. The Morgan fingerprint density at radius 2 is 1.89 bits per heavy atom. The Morgan fingerprint density at radius 3 is 2.53 bits per heavy atom. The Bertz CT molecular complexity index is 378. The van der Waals surface area contributed by atoms with Gasteiger partial charge in [-0.25, -0.2) is 0 Å². The maximum Gasteiger partial charge on any atom is 0.0335 e. The van der Waals surface area contributed by atoms with Crippen LogP contribution < -0.4 is 0 Å². The van der Waals surface area contributed by atoms with Crippen LogP contribution in [0.5, 0.6) is 0 Å². The Hall–Kier alpha value is -0.930. The first-order chi connectivity index (χ1) is 9.34. The lowest BCUT2D eigenvalue weighted by Crippen LogP contribution is -2.44. The van der Waals surface area contributed by atoms with Gasteiger partial charge in [0.2, 0.25) is 0 Å². The number of pyridine rings is 1. The first-order valence-electron chi connectivity index (χ1n) is 7.72. The predicted octanol–water partition coefficient (Wildman–Crippen LogP) is 2.70. The lowest BCUT2D eigenvalue weighted by Gasteiger charge is -2.39. The quantitative estimate of drug-likeness (QED) is 0.832. The highest BCUT2D eigenvalue weighted by atomic mass is 15.2. The molecule has 1 aromatic heterocycles. The van der Waals surface area contributed by atoms with E-state index in [9.17, 15) is 0 Å². The van der Waals surface area contributed by atoms with Crippen molar-refractivity contribution < 1.29 is 0 Å². The van der Waals surface area contributed by atoms with Crippen molar-refractivity contribution in [3.63, 3.8) is 0 Å². The number of hydrogen-bond donors (Lipinski definition) is 0. The molecule has 19 heavy (non-hydrogen) atoms. The van der Waals surface area contributed by atoms with Crippen LogP contribution in [0.3, 0.4) is 0 Å². The van der Waals surface area contributed by atoms with Crippen molar-refractivity contribution in [2.75, 3.05) is 26.2 Å². The molecule has 0 aromatic carbocycles. The highest BCUT2D eigenvalue weighted by Crippen LogP contribution is 2.26. The summed E-state index contributed by atoms with van der Waals surface area (Å²) in [6, 6.07) is 5.60. The molecule has 104 valence electrons. The molecule has 2 aliphatic heterocycles. The lowest BCUT2D eigenvalue weighted by atomic mass is 10.00. The molecule has 0 N–H and O–H groups in total. The van der Waals surface area contributed by atoms with Gasteiger partial charge in [-0.15, -0.1) is 0 Å². The molecule has 0 bridgehead atoms. The Labute approximate surface area is 116 Å². The fourth-order valence-corrected chi connectivity index (χ4v) is 3.58. The first kappa shape index (κ1) is 13.1. The minimum Gasteiger partial charge on any atom is -0.300 e. The molecule has 3 heterocycles. The molecule has 2 fully saturated rings. The van der Waals surface area contributed by atoms with Gasteiger partial charge in [-0.3, -0.25) is 9.88 Å². The van der Waals surface area contributed by atoms with Gasteiger partial charge in [-0.1, -0.05) is 6.07 Å². The zero-order valence-electron chi connectivity index (χ0n) is 12.0. The molecule has 3 nitrogen and oxygen atoms in total. The topological polar surface area (TPSA) is 19.4 Å². The Kier molecular flexibility index (Phi) is 4.14. The zero-order chi connectivity index (χ0) is 13.1. The van der Waals surface area contributed by atoms with Crippen LogP contribution in [-0.2, 0) is 0 Å². The molecule has 0 aliphatic carbocycles. The maximum absolute atomic E-state index is 4.24. The van der Waals surface area contributed by atoms with Crippen LogP contribution in [0.1, 0.15) is 44.2 Å². The second-order valence-electron chi connectivity index (χ2n) is 5.97. The Morgan fingerprint density at radius 1 is 1.16 bits per heavy atom. The van der Waals surface area contributed by atoms with Crippen molar-refractivity contribution >= 4 is 0 Å². The van der Waals surface area contributed by atoms with Crippen molar-refractivity contribution in [2.45, 2.75) is 44.7 Å². The van der Waals surface area contributed by atoms with Crippen molar-refractivity contribution in [3.8, 4) is 0 Å². The highest BCUT2D eigenvalue weighted by molar-refractivity contribution is 5.13. The summed E-state index contributed by atoms with van der Waals surface area (Å²) >= 11 is 0. The zero-order valence-corrected chi connectivity index (χ0v) is 12.0. The van der Waals surface area contributed by atoms with E-state index in [1.807, 2.05) is 18.5 Å². The van der Waals surface area contributed by atoms with Gasteiger partial charge in [-0.05, 0) is 57.3 Å². The molecule has 3 heteroatoms. The van der Waals surface area contributed by atoms with Gasteiger partial charge in [0.25, 0.3) is 0 Å². The molecule has 2 aliphatic rings. The molecular weight excluding hydrogens is 234 g/mol. The maximum atomic E-state index is 4.24. The van der Waals surface area contributed by atoms with Crippen LogP contribution in [0.15, 0.2) is 24.5 Å². The van der Waals surface area contributed by atoms with Gasteiger partial charge < -0.3 is 4.90 Å². The van der Waals surface area contributed by atoms with Gasteiger partial charge >= 0.3 is 0 Å². The van der Waals surface area contributed by atoms with E-state index in [4.69, 9.17) is 0 Å². The van der Waals surface area contributed by atoms with E-state index in [2.05, 4.69) is 27.8 Å². The average molecular weight is 259 g/mol. The molecule has 0 spiro atoms. The van der Waals surface area contributed by atoms with Crippen LogP contribution in [0.4, 0.5) is 0 Å². The summed E-state index contributed by atoms with van der Waals surface area (Å²) in [4.78, 5) is 9.57. The van der Waals surface area contributed by atoms with Crippen molar-refractivity contribution in [1.82, 2.24) is 14.8 Å². The summed E-state index contributed by atoms with van der Waals surface area (Å²) < 4.78 is 0. The second kappa shape index (κ2) is 6.02. The van der Waals surface area contributed by atoms with Crippen LogP contribution >= 0.6 is 0 Å². The van der Waals surface area contributed by atoms with Crippen molar-refractivity contribution in [3.05, 3.63) is 30.1 Å². The second-order valence-corrected chi connectivity index (χ2v) is 5.97. The number of nitrogens with zero attached hydrogens (tertiary/aromatic N) is 3. The van der Waals surface area contributed by atoms with Crippen molar-refractivity contribution in [1.29, 1.82) is 0 Å². The normalized spacial score (nSPS) is 24.7. The van der Waals surface area contributed by atoms with Gasteiger partial charge in [0.15, 0.2) is 0 Å². The molecule has 0 radical (unpaired) electrons. The summed E-state index contributed by atoms with van der Waals surface area (Å²) in [5, 5.41) is 0. The van der Waals surface area contributed by atoms with E-state index in [-0.39, 0.29) is 0 Å². The van der Waals surface area contributed by atoms with Gasteiger partial charge in [0.1, 0.15) is 0 Å². The van der Waals surface area contributed by atoms with Crippen LogP contribution in [-0.4, -0.2) is 47.0 Å². The first-order valence-corrected chi connectivity index (χ1v) is 7.72. The number of likely N-dealkylation sites (tertiary alicyclic amines) is 2. The molecule has 0 amide bonds. The molecule has 3 rings (SSSR count). The third-order valence-corrected chi connectivity index (χ3v) is 4.87. The summed E-state index contributed by atoms with van der Waals surface area (Å²) in [7, 11) is 0. The van der Waals surface area contributed by atoms with E-state index >= 15 is 0 Å². The number of aromatic nitrogens is 1. The van der Waals surface area contributed by atoms with Gasteiger partial charge in [-0.2, -0.15) is 0 Å². The monoisotopic (exact) mass is 259 g/mol. The predicted molar refractivity (Wildman–Crippen MR) is 78.1 cm³/mol. The molecule has 1 unspecified atom stereocenters. The van der Waals surface area contributed by atoms with Gasteiger partial charge in [0, 0.05) is 37.6 Å². The summed E-state index contributed by atoms with van der Waals surface area (Å²) in [5.41, 5.74) is 1.35. The van der Waals surface area contributed by atoms with E-state index in [1.54, 1.807) is 0 Å². The standard InChI is InChI=1S/C16H25N3/c1-14(15-5-4-8-17-13-15)18-11-6-16(7-12-18)19-9-2-3-10-19/h4-5,8,13-14,16H,2-3,6-7,9-12H2,1H3. The Balaban J connectivity index is 1.55. The molecular formula is C16H25N3. The third-order valence-electron chi connectivity index (χ3n) is 4.87. The summed E-state index contributed by atoms with van der Waals surface area (Å²) in [5.74, 6) is 0. The minimum absolute atomic E-state index is 0.508. The average Bonchev–Trinajstić information content (AvgIpc) is 3.02. The highest BCUT2D eigenvalue weighted by Gasteiger charge is 2.28. The lowest BCUT2D eigenvalue weighted by molar-refractivity contribution is 0.101. The molecule has 1 aromatic rings. The van der Waals surface area contributed by atoms with Crippen LogP contribution in [0.2, 0.25) is 0 Å². The van der Waals surface area contributed by atoms with E-state index in [0.29, 0.717) is 6.04 Å². The van der Waals surface area contributed by atoms with Crippen LogP contribution in [0, 0.1) is 0 Å². The van der Waals surface area contributed by atoms with Crippen molar-refractivity contribution in [2.24, 2.45) is 0 Å².